The Morgan fingerprint density at radius 1 is 1.25 bits per heavy atom. The largest absolute Gasteiger partial charge is 0.300 e. The first-order valence-corrected chi connectivity index (χ1v) is 11.1. The first kappa shape index (κ1) is 19.1. The van der Waals surface area contributed by atoms with E-state index < -0.39 is 0 Å². The molecule has 3 aromatic rings. The standard InChI is InChI=1S/C21H27N5OS/c1-3-4-7-15-9-11-16(12-10-15)19(27)22-20-25-26-18(23-24-21(26)28-20)17-8-5-6-14(2)13-17/h5-6,8,13,15-16H,3-4,7,9-12H2,1-2H3,(H,22,25,27). The summed E-state index contributed by atoms with van der Waals surface area (Å²) in [6.45, 7) is 4.29. The van der Waals surface area contributed by atoms with Crippen molar-refractivity contribution in [3.63, 3.8) is 0 Å². The Morgan fingerprint density at radius 2 is 2.07 bits per heavy atom. The van der Waals surface area contributed by atoms with Crippen LogP contribution in [0.3, 0.4) is 0 Å². The third-order valence-electron chi connectivity index (χ3n) is 5.68. The topological polar surface area (TPSA) is 72.2 Å². The highest BCUT2D eigenvalue weighted by Gasteiger charge is 2.27. The van der Waals surface area contributed by atoms with Crippen molar-refractivity contribution in [2.24, 2.45) is 11.8 Å². The zero-order valence-electron chi connectivity index (χ0n) is 16.5. The minimum Gasteiger partial charge on any atom is -0.300 e. The maximum atomic E-state index is 12.7. The third kappa shape index (κ3) is 4.09. The fourth-order valence-corrected chi connectivity index (χ4v) is 4.79. The van der Waals surface area contributed by atoms with Crippen molar-refractivity contribution < 1.29 is 4.79 Å². The molecular weight excluding hydrogens is 370 g/mol. The number of nitrogens with zero attached hydrogens (tertiary/aromatic N) is 4. The molecule has 0 atom stereocenters. The van der Waals surface area contributed by atoms with Gasteiger partial charge < -0.3 is 5.32 Å². The molecule has 1 aliphatic rings. The summed E-state index contributed by atoms with van der Waals surface area (Å²) in [4.78, 5) is 13.4. The molecular formula is C21H27N5OS. The SMILES string of the molecule is CCCCC1CCC(C(=O)Nc2nn3c(-c4cccc(C)c4)nnc3s2)CC1. The highest BCUT2D eigenvalue weighted by molar-refractivity contribution is 7.20. The molecule has 148 valence electrons. The summed E-state index contributed by atoms with van der Waals surface area (Å²) in [5.41, 5.74) is 2.13. The van der Waals surface area contributed by atoms with Gasteiger partial charge in [-0.15, -0.1) is 15.3 Å². The summed E-state index contributed by atoms with van der Waals surface area (Å²) in [5, 5.41) is 16.6. The number of amides is 1. The molecule has 0 spiro atoms. The van der Waals surface area contributed by atoms with Crippen LogP contribution in [-0.4, -0.2) is 25.7 Å². The van der Waals surface area contributed by atoms with Crippen molar-refractivity contribution in [2.75, 3.05) is 5.32 Å². The Kier molecular flexibility index (Phi) is 5.71. The van der Waals surface area contributed by atoms with E-state index in [2.05, 4.69) is 33.6 Å². The Bertz CT molecular complexity index is 955. The normalized spacial score (nSPS) is 19.8. The molecule has 7 heteroatoms. The van der Waals surface area contributed by atoms with E-state index in [4.69, 9.17) is 0 Å². The lowest BCUT2D eigenvalue weighted by Gasteiger charge is -2.27. The Labute approximate surface area is 169 Å². The van der Waals surface area contributed by atoms with Gasteiger partial charge in [0, 0.05) is 11.5 Å². The second-order valence-electron chi connectivity index (χ2n) is 7.84. The van der Waals surface area contributed by atoms with Crippen LogP contribution in [0.4, 0.5) is 5.13 Å². The number of hydrogen-bond donors (Lipinski definition) is 1. The number of aryl methyl sites for hydroxylation is 1. The van der Waals surface area contributed by atoms with E-state index >= 15 is 0 Å². The van der Waals surface area contributed by atoms with Gasteiger partial charge in [-0.2, -0.15) is 4.52 Å². The van der Waals surface area contributed by atoms with Gasteiger partial charge in [0.15, 0.2) is 5.82 Å². The number of carbonyl (C=O) groups is 1. The first-order valence-electron chi connectivity index (χ1n) is 10.2. The van der Waals surface area contributed by atoms with Crippen LogP contribution < -0.4 is 5.32 Å². The summed E-state index contributed by atoms with van der Waals surface area (Å²) >= 11 is 1.37. The van der Waals surface area contributed by atoms with Crippen molar-refractivity contribution in [2.45, 2.75) is 58.8 Å². The van der Waals surface area contributed by atoms with E-state index in [0.29, 0.717) is 15.9 Å². The molecule has 28 heavy (non-hydrogen) atoms. The molecule has 1 fully saturated rings. The van der Waals surface area contributed by atoms with Crippen LogP contribution in [0.15, 0.2) is 24.3 Å². The summed E-state index contributed by atoms with van der Waals surface area (Å²) in [7, 11) is 0. The predicted octanol–water partition coefficient (Wildman–Crippen LogP) is 5.10. The van der Waals surface area contributed by atoms with E-state index in [9.17, 15) is 4.79 Å². The van der Waals surface area contributed by atoms with Gasteiger partial charge in [0.1, 0.15) is 0 Å². The van der Waals surface area contributed by atoms with Gasteiger partial charge in [-0.3, -0.25) is 4.79 Å². The van der Waals surface area contributed by atoms with Gasteiger partial charge in [0.05, 0.1) is 0 Å². The maximum absolute atomic E-state index is 12.7. The van der Waals surface area contributed by atoms with Gasteiger partial charge in [-0.25, -0.2) is 0 Å². The third-order valence-corrected chi connectivity index (χ3v) is 6.49. The molecule has 1 N–H and O–H groups in total. The van der Waals surface area contributed by atoms with Crippen molar-refractivity contribution in [3.8, 4) is 11.4 Å². The molecule has 2 aromatic heterocycles. The maximum Gasteiger partial charge on any atom is 0.236 e. The molecule has 1 saturated carbocycles. The fourth-order valence-electron chi connectivity index (χ4n) is 4.05. The predicted molar refractivity (Wildman–Crippen MR) is 112 cm³/mol. The molecule has 1 aliphatic carbocycles. The van der Waals surface area contributed by atoms with E-state index in [1.54, 1.807) is 4.52 Å². The van der Waals surface area contributed by atoms with Crippen LogP contribution in [0.2, 0.25) is 0 Å². The minimum absolute atomic E-state index is 0.0935. The highest BCUT2D eigenvalue weighted by Crippen LogP contribution is 2.33. The van der Waals surface area contributed by atoms with Crippen molar-refractivity contribution in [1.29, 1.82) is 0 Å². The van der Waals surface area contributed by atoms with Crippen molar-refractivity contribution >= 4 is 27.3 Å². The molecule has 0 bridgehead atoms. The molecule has 1 aromatic carbocycles. The zero-order chi connectivity index (χ0) is 19.5. The number of benzene rings is 1. The van der Waals surface area contributed by atoms with Crippen LogP contribution in [0.25, 0.3) is 16.3 Å². The van der Waals surface area contributed by atoms with E-state index in [-0.39, 0.29) is 11.8 Å². The summed E-state index contributed by atoms with van der Waals surface area (Å²) in [6, 6.07) is 8.10. The van der Waals surface area contributed by atoms with Gasteiger partial charge in [0.2, 0.25) is 16.0 Å². The number of nitrogens with one attached hydrogen (secondary N) is 1. The number of fused-ring (bicyclic) bond motifs is 1. The monoisotopic (exact) mass is 397 g/mol. The zero-order valence-corrected chi connectivity index (χ0v) is 17.3. The Balaban J connectivity index is 1.42. The van der Waals surface area contributed by atoms with Gasteiger partial charge in [-0.05, 0) is 44.6 Å². The number of aromatic nitrogens is 4. The molecule has 0 aliphatic heterocycles. The molecule has 4 rings (SSSR count). The molecule has 1 amide bonds. The summed E-state index contributed by atoms with van der Waals surface area (Å²) < 4.78 is 1.72. The first-order chi connectivity index (χ1) is 13.6. The average Bonchev–Trinajstić information content (AvgIpc) is 3.26. The number of rotatable bonds is 6. The number of unbranched alkanes of at least 4 members (excludes halogenated alkanes) is 1. The van der Waals surface area contributed by atoms with Gasteiger partial charge >= 0.3 is 0 Å². The fraction of sp³-hybridized carbons (Fsp3) is 0.524. The minimum atomic E-state index is 0.0935. The second kappa shape index (κ2) is 8.39. The second-order valence-corrected chi connectivity index (χ2v) is 8.80. The molecule has 0 radical (unpaired) electrons. The number of anilines is 1. The number of carbonyl (C=O) groups excluding carboxylic acids is 1. The van der Waals surface area contributed by atoms with Crippen LogP contribution >= 0.6 is 11.3 Å². The summed E-state index contributed by atoms with van der Waals surface area (Å²) in [5.74, 6) is 1.70. The van der Waals surface area contributed by atoms with Crippen molar-refractivity contribution in [1.82, 2.24) is 19.8 Å². The summed E-state index contributed by atoms with van der Waals surface area (Å²) in [6.07, 6.45) is 8.17. The quantitative estimate of drug-likeness (QED) is 0.628. The van der Waals surface area contributed by atoms with Crippen LogP contribution in [0, 0.1) is 18.8 Å². The molecule has 0 unspecified atom stereocenters. The van der Waals surface area contributed by atoms with Crippen LogP contribution in [0.1, 0.15) is 57.4 Å². The van der Waals surface area contributed by atoms with Crippen molar-refractivity contribution in [3.05, 3.63) is 29.8 Å². The molecule has 6 nitrogen and oxygen atoms in total. The van der Waals surface area contributed by atoms with E-state index in [1.807, 2.05) is 25.1 Å². The van der Waals surface area contributed by atoms with Gasteiger partial charge in [0.25, 0.3) is 0 Å². The lowest BCUT2D eigenvalue weighted by Crippen LogP contribution is -2.27. The highest BCUT2D eigenvalue weighted by atomic mass is 32.1. The molecule has 0 saturated heterocycles. The van der Waals surface area contributed by atoms with Crippen LogP contribution in [-0.2, 0) is 4.79 Å². The van der Waals surface area contributed by atoms with Gasteiger partial charge in [-0.1, -0.05) is 61.3 Å². The molecule has 2 heterocycles. The van der Waals surface area contributed by atoms with E-state index in [1.165, 1.54) is 43.4 Å². The van der Waals surface area contributed by atoms with Crippen LogP contribution in [0.5, 0.6) is 0 Å². The lowest BCUT2D eigenvalue weighted by molar-refractivity contribution is -0.121. The van der Waals surface area contributed by atoms with E-state index in [0.717, 1.165) is 29.9 Å². The number of hydrogen-bond acceptors (Lipinski definition) is 5. The Morgan fingerprint density at radius 3 is 2.82 bits per heavy atom. The smallest absolute Gasteiger partial charge is 0.236 e. The lowest BCUT2D eigenvalue weighted by atomic mass is 9.79. The Hall–Kier alpha value is -2.28. The average molecular weight is 398 g/mol.